The highest BCUT2D eigenvalue weighted by Crippen LogP contribution is 2.70. The fourth-order valence-corrected chi connectivity index (χ4v) is 5.84. The van der Waals surface area contributed by atoms with Crippen LogP contribution in [0.2, 0.25) is 0 Å². The summed E-state index contributed by atoms with van der Waals surface area (Å²) < 4.78 is -0.0642. The summed E-state index contributed by atoms with van der Waals surface area (Å²) in [6.45, 7) is 8.94. The fourth-order valence-electron chi connectivity index (χ4n) is 2.62. The molecule has 2 heterocycles. The third-order valence-corrected chi connectivity index (χ3v) is 7.06. The van der Waals surface area contributed by atoms with Crippen molar-refractivity contribution in [2.75, 3.05) is 11.5 Å². The Bertz CT molecular complexity index is 252. The van der Waals surface area contributed by atoms with Gasteiger partial charge < -0.3 is 0 Å². The van der Waals surface area contributed by atoms with Gasteiger partial charge in [0, 0.05) is 11.5 Å². The molecule has 74 valence electrons. The molecular formula is C10H16OS2. The van der Waals surface area contributed by atoms with E-state index in [4.69, 9.17) is 0 Å². The van der Waals surface area contributed by atoms with Crippen molar-refractivity contribution >= 4 is 28.6 Å². The predicted molar refractivity (Wildman–Crippen MR) is 60.2 cm³/mol. The lowest BCUT2D eigenvalue weighted by atomic mass is 9.66. The summed E-state index contributed by atoms with van der Waals surface area (Å²) in [7, 11) is 0. The molecule has 2 fully saturated rings. The molecule has 3 heteroatoms. The first-order valence-corrected chi connectivity index (χ1v) is 6.62. The first kappa shape index (κ1) is 9.91. The first-order valence-electron chi connectivity index (χ1n) is 4.65. The topological polar surface area (TPSA) is 17.1 Å². The summed E-state index contributed by atoms with van der Waals surface area (Å²) in [5, 5.41) is 0.419. The molecule has 0 aliphatic carbocycles. The van der Waals surface area contributed by atoms with Gasteiger partial charge >= 0.3 is 0 Å². The quantitative estimate of drug-likeness (QED) is 0.580. The van der Waals surface area contributed by atoms with Crippen LogP contribution in [0.1, 0.15) is 27.7 Å². The van der Waals surface area contributed by atoms with E-state index < -0.39 is 0 Å². The molecule has 0 atom stereocenters. The molecule has 0 amide bonds. The van der Waals surface area contributed by atoms with Crippen LogP contribution in [0.4, 0.5) is 0 Å². The average molecular weight is 216 g/mol. The third-order valence-electron chi connectivity index (χ3n) is 3.32. The van der Waals surface area contributed by atoms with E-state index in [1.54, 1.807) is 11.8 Å². The highest BCUT2D eigenvalue weighted by Gasteiger charge is 2.72. The number of carbonyl (C=O) groups is 1. The van der Waals surface area contributed by atoms with Crippen LogP contribution in [0.15, 0.2) is 0 Å². The lowest BCUT2D eigenvalue weighted by Crippen LogP contribution is -2.51. The highest BCUT2D eigenvalue weighted by atomic mass is 32.2. The van der Waals surface area contributed by atoms with Crippen molar-refractivity contribution in [2.24, 2.45) is 10.8 Å². The molecule has 13 heavy (non-hydrogen) atoms. The molecule has 0 saturated carbocycles. The molecule has 2 aliphatic heterocycles. The van der Waals surface area contributed by atoms with E-state index in [1.807, 2.05) is 11.8 Å². The van der Waals surface area contributed by atoms with E-state index in [1.165, 1.54) is 0 Å². The van der Waals surface area contributed by atoms with Gasteiger partial charge in [0.25, 0.3) is 0 Å². The molecular weight excluding hydrogens is 200 g/mol. The lowest BCUT2D eigenvalue weighted by molar-refractivity contribution is -0.113. The molecule has 2 saturated heterocycles. The maximum Gasteiger partial charge on any atom is 0.207 e. The molecule has 2 aliphatic rings. The number of hydrogen-bond donors (Lipinski definition) is 0. The Morgan fingerprint density at radius 1 is 1.08 bits per heavy atom. The minimum Gasteiger partial charge on any atom is -0.286 e. The zero-order valence-corrected chi connectivity index (χ0v) is 10.3. The second-order valence-corrected chi connectivity index (χ2v) is 7.50. The Morgan fingerprint density at radius 2 is 1.46 bits per heavy atom. The largest absolute Gasteiger partial charge is 0.286 e. The van der Waals surface area contributed by atoms with Gasteiger partial charge in [-0.15, -0.1) is 0 Å². The van der Waals surface area contributed by atoms with E-state index in [-0.39, 0.29) is 15.6 Å². The minimum absolute atomic E-state index is 0.0642. The molecule has 0 bridgehead atoms. The minimum atomic E-state index is -0.0642. The van der Waals surface area contributed by atoms with Crippen LogP contribution in [0.25, 0.3) is 0 Å². The SMILES string of the molecule is CC1(C)CSCC(C)(C)C12SC2=O. The Labute approximate surface area is 88.4 Å². The fraction of sp³-hybridized carbons (Fsp3) is 0.900. The molecule has 1 spiro atoms. The van der Waals surface area contributed by atoms with Crippen molar-refractivity contribution in [3.8, 4) is 0 Å². The van der Waals surface area contributed by atoms with E-state index in [2.05, 4.69) is 27.7 Å². The smallest absolute Gasteiger partial charge is 0.207 e. The van der Waals surface area contributed by atoms with Crippen molar-refractivity contribution in [3.05, 3.63) is 0 Å². The zero-order valence-electron chi connectivity index (χ0n) is 8.64. The second kappa shape index (κ2) is 2.48. The molecule has 0 N–H and O–H groups in total. The maximum absolute atomic E-state index is 11.6. The van der Waals surface area contributed by atoms with E-state index in [0.717, 1.165) is 11.5 Å². The van der Waals surface area contributed by atoms with Gasteiger partial charge in [-0.1, -0.05) is 39.5 Å². The van der Waals surface area contributed by atoms with Crippen molar-refractivity contribution < 1.29 is 4.79 Å². The van der Waals surface area contributed by atoms with Gasteiger partial charge in [0.05, 0.1) is 0 Å². The van der Waals surface area contributed by atoms with E-state index >= 15 is 0 Å². The predicted octanol–water partition coefficient (Wildman–Crippen LogP) is 2.80. The molecule has 0 unspecified atom stereocenters. The van der Waals surface area contributed by atoms with E-state index in [9.17, 15) is 4.79 Å². The van der Waals surface area contributed by atoms with Crippen molar-refractivity contribution in [1.82, 2.24) is 0 Å². The van der Waals surface area contributed by atoms with Crippen molar-refractivity contribution in [1.29, 1.82) is 0 Å². The first-order chi connectivity index (χ1) is 5.83. The molecule has 0 aromatic carbocycles. The Balaban J connectivity index is 2.42. The molecule has 0 radical (unpaired) electrons. The van der Waals surface area contributed by atoms with Gasteiger partial charge in [0.15, 0.2) is 0 Å². The van der Waals surface area contributed by atoms with Gasteiger partial charge in [-0.05, 0) is 10.8 Å². The average Bonchev–Trinajstić information content (AvgIpc) is 2.60. The number of rotatable bonds is 0. The lowest BCUT2D eigenvalue weighted by Gasteiger charge is -2.46. The van der Waals surface area contributed by atoms with Crippen LogP contribution >= 0.6 is 23.5 Å². The second-order valence-electron chi connectivity index (χ2n) is 5.33. The van der Waals surface area contributed by atoms with Crippen molar-refractivity contribution in [2.45, 2.75) is 32.4 Å². The van der Waals surface area contributed by atoms with Gasteiger partial charge in [-0.3, -0.25) is 4.79 Å². The number of thioether (sulfide) groups is 2. The van der Waals surface area contributed by atoms with Crippen molar-refractivity contribution in [3.63, 3.8) is 0 Å². The standard InChI is InChI=1S/C10H16OS2/c1-8(2)5-12-6-9(3,4)10(8)7(11)13-10/h5-6H2,1-4H3. The summed E-state index contributed by atoms with van der Waals surface area (Å²) in [6, 6.07) is 0. The van der Waals surface area contributed by atoms with E-state index in [0.29, 0.717) is 5.12 Å². The van der Waals surface area contributed by atoms with Crippen LogP contribution in [-0.4, -0.2) is 21.4 Å². The zero-order chi connectivity index (χ0) is 9.91. The molecule has 2 rings (SSSR count). The van der Waals surface area contributed by atoms with Crippen LogP contribution in [0.3, 0.4) is 0 Å². The summed E-state index contributed by atoms with van der Waals surface area (Å²) >= 11 is 3.56. The molecule has 1 nitrogen and oxygen atoms in total. The van der Waals surface area contributed by atoms with Gasteiger partial charge in [-0.25, -0.2) is 0 Å². The number of hydrogen-bond acceptors (Lipinski definition) is 3. The monoisotopic (exact) mass is 216 g/mol. The summed E-state index contributed by atoms with van der Waals surface area (Å²) in [5.41, 5.74) is 0.336. The Morgan fingerprint density at radius 3 is 1.69 bits per heavy atom. The van der Waals surface area contributed by atoms with Gasteiger partial charge in [0.2, 0.25) is 5.12 Å². The molecule has 0 aromatic rings. The number of carbonyl (C=O) groups excluding carboxylic acids is 1. The van der Waals surface area contributed by atoms with Crippen LogP contribution < -0.4 is 0 Å². The normalized spacial score (nSPS) is 33.4. The van der Waals surface area contributed by atoms with Crippen LogP contribution in [-0.2, 0) is 4.79 Å². The third kappa shape index (κ3) is 1.06. The van der Waals surface area contributed by atoms with Gasteiger partial charge in [0.1, 0.15) is 4.75 Å². The summed E-state index contributed by atoms with van der Waals surface area (Å²) in [5.74, 6) is 2.24. The summed E-state index contributed by atoms with van der Waals surface area (Å²) in [6.07, 6.45) is 0. The Hall–Kier alpha value is 0.370. The van der Waals surface area contributed by atoms with Crippen LogP contribution in [0, 0.1) is 10.8 Å². The Kier molecular flexibility index (Phi) is 1.89. The van der Waals surface area contributed by atoms with Crippen LogP contribution in [0.5, 0.6) is 0 Å². The molecule has 0 aromatic heterocycles. The summed E-state index contributed by atoms with van der Waals surface area (Å²) in [4.78, 5) is 11.6. The highest BCUT2D eigenvalue weighted by molar-refractivity contribution is 8.26. The maximum atomic E-state index is 11.6. The van der Waals surface area contributed by atoms with Gasteiger partial charge in [-0.2, -0.15) is 11.8 Å².